The van der Waals surface area contributed by atoms with E-state index < -0.39 is 0 Å². The van der Waals surface area contributed by atoms with Gasteiger partial charge in [-0.1, -0.05) is 27.2 Å². The van der Waals surface area contributed by atoms with Crippen LogP contribution >= 0.6 is 0 Å². The van der Waals surface area contributed by atoms with E-state index in [1.807, 2.05) is 0 Å². The Bertz CT molecular complexity index is 120. The summed E-state index contributed by atoms with van der Waals surface area (Å²) in [7, 11) is 0. The minimum absolute atomic E-state index is 0.367. The van der Waals surface area contributed by atoms with Crippen LogP contribution in [-0.4, -0.2) is 25.8 Å². The van der Waals surface area contributed by atoms with Crippen LogP contribution in [0.2, 0.25) is 0 Å². The Hall–Kier alpha value is -0.0800. The molecule has 2 heteroatoms. The minimum atomic E-state index is 0.367. The van der Waals surface area contributed by atoms with Gasteiger partial charge >= 0.3 is 0 Å². The molecule has 0 aromatic rings. The molecule has 15 heavy (non-hydrogen) atoms. The van der Waals surface area contributed by atoms with Gasteiger partial charge in [0.1, 0.15) is 0 Å². The van der Waals surface area contributed by atoms with Crippen LogP contribution in [0, 0.1) is 11.8 Å². The summed E-state index contributed by atoms with van der Waals surface area (Å²) < 4.78 is 5.57. The summed E-state index contributed by atoms with van der Waals surface area (Å²) in [6.07, 6.45) is 2.79. The van der Waals surface area contributed by atoms with E-state index >= 15 is 0 Å². The Morgan fingerprint density at radius 3 is 2.20 bits per heavy atom. The lowest BCUT2D eigenvalue weighted by Gasteiger charge is -2.17. The van der Waals surface area contributed by atoms with Crippen LogP contribution in [0.4, 0.5) is 0 Å². The zero-order valence-electron chi connectivity index (χ0n) is 11.2. The van der Waals surface area contributed by atoms with Crippen LogP contribution in [0.1, 0.15) is 47.5 Å². The Kier molecular flexibility index (Phi) is 9.12. The van der Waals surface area contributed by atoms with E-state index in [-0.39, 0.29) is 0 Å². The van der Waals surface area contributed by atoms with Crippen molar-refractivity contribution in [3.63, 3.8) is 0 Å². The number of ether oxygens (including phenoxy) is 1. The first-order valence-corrected chi connectivity index (χ1v) is 6.38. The highest BCUT2D eigenvalue weighted by molar-refractivity contribution is 4.62. The Labute approximate surface area is 95.8 Å². The summed E-state index contributed by atoms with van der Waals surface area (Å²) in [5.41, 5.74) is 0. The molecule has 0 radical (unpaired) electrons. The zero-order valence-corrected chi connectivity index (χ0v) is 11.2. The maximum Gasteiger partial charge on any atom is 0.0518 e. The van der Waals surface area contributed by atoms with Crippen LogP contribution in [0.5, 0.6) is 0 Å². The molecule has 0 amide bonds. The fourth-order valence-electron chi connectivity index (χ4n) is 1.50. The molecule has 0 saturated heterocycles. The largest absolute Gasteiger partial charge is 0.379 e. The normalized spacial score (nSPS) is 13.8. The monoisotopic (exact) mass is 215 g/mol. The molecule has 0 aromatic heterocycles. The van der Waals surface area contributed by atoms with E-state index in [0.717, 1.165) is 31.5 Å². The number of rotatable bonds is 9. The Balaban J connectivity index is 3.46. The summed E-state index contributed by atoms with van der Waals surface area (Å²) in [5.74, 6) is 1.51. The maximum atomic E-state index is 5.57. The van der Waals surface area contributed by atoms with Crippen LogP contribution < -0.4 is 5.32 Å². The van der Waals surface area contributed by atoms with Crippen LogP contribution in [-0.2, 0) is 4.74 Å². The summed E-state index contributed by atoms with van der Waals surface area (Å²) in [6.45, 7) is 14.1. The third-order valence-electron chi connectivity index (χ3n) is 2.54. The van der Waals surface area contributed by atoms with Crippen molar-refractivity contribution in [2.45, 2.75) is 53.6 Å². The van der Waals surface area contributed by atoms with Gasteiger partial charge in [0.2, 0.25) is 0 Å². The standard InChI is InChI=1S/C13H29NO/c1-6-13(7-8-15-12(4)5)10-14-9-11(2)3/h11-14H,6-10H2,1-5H3. The smallest absolute Gasteiger partial charge is 0.0518 e. The molecule has 0 heterocycles. The second-order valence-corrected chi connectivity index (χ2v) is 5.03. The van der Waals surface area contributed by atoms with Crippen molar-refractivity contribution in [2.75, 3.05) is 19.7 Å². The van der Waals surface area contributed by atoms with Crippen LogP contribution in [0.25, 0.3) is 0 Å². The van der Waals surface area contributed by atoms with Gasteiger partial charge in [-0.3, -0.25) is 0 Å². The molecular weight excluding hydrogens is 186 g/mol. The van der Waals surface area contributed by atoms with Crippen molar-refractivity contribution in [3.8, 4) is 0 Å². The van der Waals surface area contributed by atoms with Gasteiger partial charge in [0.25, 0.3) is 0 Å². The molecule has 0 aliphatic rings. The first-order chi connectivity index (χ1) is 7.06. The summed E-state index contributed by atoms with van der Waals surface area (Å²) in [4.78, 5) is 0. The second kappa shape index (κ2) is 9.17. The predicted molar refractivity (Wildman–Crippen MR) is 67.2 cm³/mol. The predicted octanol–water partition coefficient (Wildman–Crippen LogP) is 3.07. The first kappa shape index (κ1) is 14.9. The highest BCUT2D eigenvalue weighted by atomic mass is 16.5. The lowest BCUT2D eigenvalue weighted by molar-refractivity contribution is 0.0679. The van der Waals surface area contributed by atoms with Gasteiger partial charge < -0.3 is 10.1 Å². The number of hydrogen-bond donors (Lipinski definition) is 1. The molecule has 0 aromatic carbocycles. The van der Waals surface area contributed by atoms with Crippen molar-refractivity contribution < 1.29 is 4.74 Å². The minimum Gasteiger partial charge on any atom is -0.379 e. The van der Waals surface area contributed by atoms with Gasteiger partial charge in [-0.2, -0.15) is 0 Å². The number of hydrogen-bond acceptors (Lipinski definition) is 2. The topological polar surface area (TPSA) is 21.3 Å². The molecule has 2 nitrogen and oxygen atoms in total. The van der Waals surface area contributed by atoms with Crippen molar-refractivity contribution in [1.29, 1.82) is 0 Å². The first-order valence-electron chi connectivity index (χ1n) is 6.38. The van der Waals surface area contributed by atoms with Crippen molar-refractivity contribution >= 4 is 0 Å². The highest BCUT2D eigenvalue weighted by Crippen LogP contribution is 2.08. The van der Waals surface area contributed by atoms with Gasteiger partial charge in [0.15, 0.2) is 0 Å². The summed E-state index contributed by atoms with van der Waals surface area (Å²) >= 11 is 0. The molecule has 0 bridgehead atoms. The summed E-state index contributed by atoms with van der Waals surface area (Å²) in [5, 5.41) is 3.52. The van der Waals surface area contributed by atoms with Crippen molar-refractivity contribution in [1.82, 2.24) is 5.32 Å². The Morgan fingerprint density at radius 1 is 1.07 bits per heavy atom. The third-order valence-corrected chi connectivity index (χ3v) is 2.54. The molecule has 0 rings (SSSR count). The molecule has 1 N–H and O–H groups in total. The van der Waals surface area contributed by atoms with Gasteiger partial charge in [0, 0.05) is 6.61 Å². The Morgan fingerprint density at radius 2 is 1.73 bits per heavy atom. The van der Waals surface area contributed by atoms with Crippen LogP contribution in [0.3, 0.4) is 0 Å². The highest BCUT2D eigenvalue weighted by Gasteiger charge is 2.06. The average Bonchev–Trinajstić information content (AvgIpc) is 2.14. The fourth-order valence-corrected chi connectivity index (χ4v) is 1.50. The average molecular weight is 215 g/mol. The maximum absolute atomic E-state index is 5.57. The molecule has 1 atom stereocenters. The van der Waals surface area contributed by atoms with Gasteiger partial charge in [-0.05, 0) is 45.2 Å². The second-order valence-electron chi connectivity index (χ2n) is 5.03. The van der Waals surface area contributed by atoms with Crippen molar-refractivity contribution in [3.05, 3.63) is 0 Å². The quantitative estimate of drug-likeness (QED) is 0.638. The molecule has 0 fully saturated rings. The molecular formula is C13H29NO. The lowest BCUT2D eigenvalue weighted by Crippen LogP contribution is -2.27. The van der Waals surface area contributed by atoms with Gasteiger partial charge in [0.05, 0.1) is 6.10 Å². The fraction of sp³-hybridized carbons (Fsp3) is 1.00. The van der Waals surface area contributed by atoms with Gasteiger partial charge in [-0.25, -0.2) is 0 Å². The molecule has 0 spiro atoms. The van der Waals surface area contributed by atoms with E-state index in [4.69, 9.17) is 4.74 Å². The van der Waals surface area contributed by atoms with E-state index in [1.54, 1.807) is 0 Å². The zero-order chi connectivity index (χ0) is 11.7. The van der Waals surface area contributed by atoms with E-state index in [2.05, 4.69) is 39.9 Å². The van der Waals surface area contributed by atoms with E-state index in [1.165, 1.54) is 12.8 Å². The lowest BCUT2D eigenvalue weighted by atomic mass is 10.0. The number of nitrogens with one attached hydrogen (secondary N) is 1. The molecule has 0 aliphatic carbocycles. The molecule has 0 aliphatic heterocycles. The molecule has 92 valence electrons. The SMILES string of the molecule is CCC(CCOC(C)C)CNCC(C)C. The third kappa shape index (κ3) is 10.2. The van der Waals surface area contributed by atoms with Crippen LogP contribution in [0.15, 0.2) is 0 Å². The molecule has 1 unspecified atom stereocenters. The van der Waals surface area contributed by atoms with Gasteiger partial charge in [-0.15, -0.1) is 0 Å². The van der Waals surface area contributed by atoms with E-state index in [9.17, 15) is 0 Å². The molecule has 0 saturated carbocycles. The van der Waals surface area contributed by atoms with Crippen molar-refractivity contribution in [2.24, 2.45) is 11.8 Å². The van der Waals surface area contributed by atoms with E-state index in [0.29, 0.717) is 6.10 Å². The summed E-state index contributed by atoms with van der Waals surface area (Å²) in [6, 6.07) is 0.